The first-order chi connectivity index (χ1) is 12.9. The van der Waals surface area contributed by atoms with E-state index in [2.05, 4.69) is 36.9 Å². The van der Waals surface area contributed by atoms with Gasteiger partial charge in [-0.25, -0.2) is 4.79 Å². The highest BCUT2D eigenvalue weighted by molar-refractivity contribution is 9.11. The highest BCUT2D eigenvalue weighted by Crippen LogP contribution is 2.36. The van der Waals surface area contributed by atoms with E-state index >= 15 is 0 Å². The minimum absolute atomic E-state index is 0.0117. The zero-order valence-electron chi connectivity index (χ0n) is 14.0. The van der Waals surface area contributed by atoms with Crippen LogP contribution < -0.4 is 0 Å². The van der Waals surface area contributed by atoms with Crippen molar-refractivity contribution in [1.29, 1.82) is 0 Å². The van der Waals surface area contributed by atoms with Crippen molar-refractivity contribution in [3.8, 4) is 5.75 Å². The molecule has 0 fully saturated rings. The van der Waals surface area contributed by atoms with Crippen LogP contribution >= 0.6 is 31.9 Å². The van der Waals surface area contributed by atoms with Gasteiger partial charge in [-0.2, -0.15) is 0 Å². The van der Waals surface area contributed by atoms with Gasteiger partial charge < -0.3 is 10.2 Å². The van der Waals surface area contributed by atoms with Crippen LogP contribution in [0.5, 0.6) is 5.75 Å². The van der Waals surface area contributed by atoms with Crippen LogP contribution in [0.3, 0.4) is 0 Å². The van der Waals surface area contributed by atoms with E-state index in [1.165, 1.54) is 6.21 Å². The first-order valence-corrected chi connectivity index (χ1v) is 9.61. The maximum atomic E-state index is 12.5. The minimum atomic E-state index is -1.64. The van der Waals surface area contributed by atoms with E-state index in [9.17, 15) is 15.0 Å². The predicted molar refractivity (Wildman–Crippen MR) is 112 cm³/mol. The molecule has 0 saturated carbocycles. The van der Waals surface area contributed by atoms with Crippen LogP contribution in [-0.4, -0.2) is 22.4 Å². The monoisotopic (exact) mass is 487 g/mol. The smallest absolute Gasteiger partial charge is 0.340 e. The summed E-state index contributed by atoms with van der Waals surface area (Å²) in [5.41, 5.74) is -0.195. The van der Waals surface area contributed by atoms with Gasteiger partial charge in [-0.05, 0) is 39.2 Å². The number of rotatable bonds is 5. The second-order valence-corrected chi connectivity index (χ2v) is 7.60. The molecule has 0 heterocycles. The molecule has 0 aliphatic heterocycles. The van der Waals surface area contributed by atoms with Crippen LogP contribution in [0.4, 0.5) is 0 Å². The van der Waals surface area contributed by atoms with Crippen LogP contribution in [0, 0.1) is 0 Å². The second kappa shape index (κ2) is 8.06. The van der Waals surface area contributed by atoms with Crippen LogP contribution in [0.1, 0.15) is 16.7 Å². The van der Waals surface area contributed by atoms with Crippen LogP contribution in [0.25, 0.3) is 0 Å². The standard InChI is InChI=1S/C21H15Br2NO3/c22-17-11-14(19(25)18(23)12-17)13-24-21(20(26)27,15-7-3-1-4-8-15)16-9-5-2-6-10-16/h1-13,25H,(H,26,27). The fourth-order valence-electron chi connectivity index (χ4n) is 2.83. The molecule has 136 valence electrons. The highest BCUT2D eigenvalue weighted by Gasteiger charge is 2.41. The van der Waals surface area contributed by atoms with Gasteiger partial charge in [0.15, 0.2) is 0 Å². The molecule has 0 spiro atoms. The summed E-state index contributed by atoms with van der Waals surface area (Å²) >= 11 is 6.65. The first-order valence-electron chi connectivity index (χ1n) is 8.03. The lowest BCUT2D eigenvalue weighted by atomic mass is 9.83. The number of benzene rings is 3. The Kier molecular flexibility index (Phi) is 5.77. The Bertz CT molecular complexity index is 950. The van der Waals surface area contributed by atoms with Gasteiger partial charge in [-0.3, -0.25) is 4.99 Å². The van der Waals surface area contributed by atoms with Crippen LogP contribution in [0.2, 0.25) is 0 Å². The first kappa shape index (κ1) is 19.3. The Balaban J connectivity index is 2.24. The SMILES string of the molecule is O=C(O)C(N=Cc1cc(Br)cc(Br)c1O)(c1ccccc1)c1ccccc1. The van der Waals surface area contributed by atoms with E-state index in [0.29, 0.717) is 21.2 Å². The van der Waals surface area contributed by atoms with Crippen molar-refractivity contribution in [2.45, 2.75) is 5.54 Å². The molecule has 0 radical (unpaired) electrons. The quantitative estimate of drug-likeness (QED) is 0.474. The van der Waals surface area contributed by atoms with Crippen LogP contribution in [-0.2, 0) is 10.3 Å². The molecule has 3 aromatic carbocycles. The summed E-state index contributed by atoms with van der Waals surface area (Å²) in [6.45, 7) is 0. The maximum absolute atomic E-state index is 12.5. The van der Waals surface area contributed by atoms with Gasteiger partial charge in [-0.15, -0.1) is 0 Å². The minimum Gasteiger partial charge on any atom is -0.506 e. The van der Waals surface area contributed by atoms with Gasteiger partial charge in [0.2, 0.25) is 5.54 Å². The molecular weight excluding hydrogens is 474 g/mol. The average Bonchev–Trinajstić information content (AvgIpc) is 2.67. The Morgan fingerprint density at radius 2 is 1.44 bits per heavy atom. The zero-order valence-corrected chi connectivity index (χ0v) is 17.2. The van der Waals surface area contributed by atoms with Crippen LogP contribution in [0.15, 0.2) is 86.7 Å². The number of hydrogen-bond acceptors (Lipinski definition) is 3. The van der Waals surface area contributed by atoms with Gasteiger partial charge in [0, 0.05) is 16.3 Å². The maximum Gasteiger partial charge on any atom is 0.340 e. The van der Waals surface area contributed by atoms with Crippen molar-refractivity contribution in [3.05, 3.63) is 98.4 Å². The Labute approximate surface area is 173 Å². The number of carboxylic acid groups (broad SMARTS) is 1. The summed E-state index contributed by atoms with van der Waals surface area (Å²) in [6.07, 6.45) is 1.39. The third-order valence-corrected chi connectivity index (χ3v) is 5.21. The summed E-state index contributed by atoms with van der Waals surface area (Å²) in [5.74, 6) is -1.12. The van der Waals surface area contributed by atoms with Gasteiger partial charge >= 0.3 is 5.97 Å². The summed E-state index contributed by atoms with van der Waals surface area (Å²) in [5, 5.41) is 20.5. The van der Waals surface area contributed by atoms with E-state index < -0.39 is 11.5 Å². The second-order valence-electron chi connectivity index (χ2n) is 5.83. The molecule has 6 heteroatoms. The lowest BCUT2D eigenvalue weighted by Crippen LogP contribution is -2.35. The molecule has 0 unspecified atom stereocenters. The molecule has 4 nitrogen and oxygen atoms in total. The Hall–Kier alpha value is -2.44. The summed E-state index contributed by atoms with van der Waals surface area (Å²) in [4.78, 5) is 16.9. The number of hydrogen-bond donors (Lipinski definition) is 2. The summed E-state index contributed by atoms with van der Waals surface area (Å²) < 4.78 is 1.22. The number of carboxylic acids is 1. The van der Waals surface area contributed by atoms with E-state index in [4.69, 9.17) is 0 Å². The predicted octanol–water partition coefficient (Wildman–Crippen LogP) is 5.36. The van der Waals surface area contributed by atoms with Crippen molar-refractivity contribution in [2.75, 3.05) is 0 Å². The summed E-state index contributed by atoms with van der Waals surface area (Å²) in [7, 11) is 0. The van der Waals surface area contributed by atoms with Gasteiger partial charge in [0.25, 0.3) is 0 Å². The Morgan fingerprint density at radius 1 is 0.926 bits per heavy atom. The molecule has 3 aromatic rings. The molecule has 0 aromatic heterocycles. The van der Waals surface area contributed by atoms with E-state index in [1.54, 1.807) is 60.7 Å². The number of phenolic OH excluding ortho intramolecular Hbond substituents is 1. The molecule has 0 bridgehead atoms. The zero-order chi connectivity index (χ0) is 19.4. The lowest BCUT2D eigenvalue weighted by Gasteiger charge is -2.26. The van der Waals surface area contributed by atoms with E-state index in [-0.39, 0.29) is 5.75 Å². The number of aromatic hydroxyl groups is 1. The van der Waals surface area contributed by atoms with Gasteiger partial charge in [0.1, 0.15) is 5.75 Å². The molecule has 0 saturated heterocycles. The van der Waals surface area contributed by atoms with Crippen molar-refractivity contribution < 1.29 is 15.0 Å². The van der Waals surface area contributed by atoms with Gasteiger partial charge in [0.05, 0.1) is 4.47 Å². The number of nitrogens with zero attached hydrogens (tertiary/aromatic N) is 1. The largest absolute Gasteiger partial charge is 0.506 e. The summed E-state index contributed by atoms with van der Waals surface area (Å²) in [6, 6.07) is 21.0. The lowest BCUT2D eigenvalue weighted by molar-refractivity contribution is -0.141. The fourth-order valence-corrected chi connectivity index (χ4v) is 4.09. The van der Waals surface area contributed by atoms with Gasteiger partial charge in [-0.1, -0.05) is 76.6 Å². The number of phenols is 1. The van der Waals surface area contributed by atoms with E-state index in [0.717, 1.165) is 4.47 Å². The van der Waals surface area contributed by atoms with Crippen molar-refractivity contribution >= 4 is 44.0 Å². The molecule has 0 aliphatic rings. The number of aliphatic imine (C=N–C) groups is 1. The third-order valence-electron chi connectivity index (χ3n) is 4.15. The van der Waals surface area contributed by atoms with Crippen molar-refractivity contribution in [2.24, 2.45) is 4.99 Å². The molecule has 2 N–H and O–H groups in total. The number of carbonyl (C=O) groups is 1. The topological polar surface area (TPSA) is 69.9 Å². The van der Waals surface area contributed by atoms with Crippen molar-refractivity contribution in [1.82, 2.24) is 0 Å². The highest BCUT2D eigenvalue weighted by atomic mass is 79.9. The third kappa shape index (κ3) is 3.82. The van der Waals surface area contributed by atoms with E-state index in [1.807, 2.05) is 12.1 Å². The molecular formula is C21H15Br2NO3. The van der Waals surface area contributed by atoms with Crippen molar-refractivity contribution in [3.63, 3.8) is 0 Å². The molecule has 0 atom stereocenters. The number of aliphatic carboxylic acids is 1. The molecule has 0 aliphatic carbocycles. The normalized spacial score (nSPS) is 11.6. The molecule has 3 rings (SSSR count). The average molecular weight is 489 g/mol. The molecule has 27 heavy (non-hydrogen) atoms. The fraction of sp³-hybridized carbons (Fsp3) is 0.0476. The molecule has 0 amide bonds. The Morgan fingerprint density at radius 3 is 1.93 bits per heavy atom. The number of halogens is 2.